The van der Waals surface area contributed by atoms with Crippen molar-refractivity contribution in [2.75, 3.05) is 26.3 Å². The number of fused-ring (bicyclic) bond motifs is 2. The minimum absolute atomic E-state index is 0.0159. The van der Waals surface area contributed by atoms with Gasteiger partial charge in [-0.3, -0.25) is 38.6 Å². The number of carbonyl (C=O) groups excluding carboxylic acids is 8. The molecule has 504 valence electrons. The van der Waals surface area contributed by atoms with Crippen LogP contribution in [0.2, 0.25) is 0 Å². The van der Waals surface area contributed by atoms with E-state index >= 15 is 19.2 Å². The molecule has 2 unspecified atom stereocenters. The number of ether oxygens (including phenoxy) is 6. The number of imide groups is 2. The standard InChI is InChI=1S/C80H80N4O14/c1-43(2)37-59(73(85)81-33-13-15-35-93-79(91)45(5)6)83-75(87)55-39-61(95-51-25-17-47(9)18-26-51)67-69-63(97-53-29-21-49(11)22-30-53)41-57-66-58(78(90)84(77(57)89)60(38-44(3)4)74(86)82-34-14-16-36-94-80(92)46(7)8)42-64(98-54-31-23-50(12)24-32-54)70(72(66)69)68-62(96-52-27-19-48(10)20-28-52)40-56(76(83)88)65(55)71(67)68/h17-32,39-44,59-60H,5,7,13-16,33-38H2,1-4,6,8-12H3,(H,81,85)(H,82,86). The second-order valence-corrected chi connectivity index (χ2v) is 26.4. The molecule has 0 spiro atoms. The van der Waals surface area contributed by atoms with Crippen LogP contribution in [0.5, 0.6) is 46.0 Å². The quantitative estimate of drug-likeness (QED) is 0.0116. The van der Waals surface area contributed by atoms with Crippen LogP contribution >= 0.6 is 0 Å². The van der Waals surface area contributed by atoms with Crippen molar-refractivity contribution in [3.05, 3.63) is 190 Å². The highest BCUT2D eigenvalue weighted by molar-refractivity contribution is 6.45. The first-order chi connectivity index (χ1) is 46.9. The van der Waals surface area contributed by atoms with Crippen LogP contribution in [0.25, 0.3) is 43.1 Å². The normalized spacial score (nSPS) is 13.4. The highest BCUT2D eigenvalue weighted by Gasteiger charge is 2.46. The average Bonchev–Trinajstić information content (AvgIpc) is 0.672. The predicted octanol–water partition coefficient (Wildman–Crippen LogP) is 16.2. The van der Waals surface area contributed by atoms with Crippen LogP contribution < -0.4 is 29.6 Å². The summed E-state index contributed by atoms with van der Waals surface area (Å²) in [6.07, 6.45) is 1.83. The van der Waals surface area contributed by atoms with Gasteiger partial charge in [-0.05, 0) is 165 Å². The van der Waals surface area contributed by atoms with Crippen molar-refractivity contribution in [2.24, 2.45) is 11.8 Å². The molecular formula is C80H80N4O14. The van der Waals surface area contributed by atoms with Gasteiger partial charge in [0.1, 0.15) is 58.1 Å². The zero-order chi connectivity index (χ0) is 70.0. The van der Waals surface area contributed by atoms with Gasteiger partial charge in [0.05, 0.1) is 35.5 Å². The highest BCUT2D eigenvalue weighted by Crippen LogP contribution is 2.58. The molecule has 0 radical (unpaired) electrons. The summed E-state index contributed by atoms with van der Waals surface area (Å²) in [7, 11) is 0. The summed E-state index contributed by atoms with van der Waals surface area (Å²) < 4.78 is 39.2. The van der Waals surface area contributed by atoms with Gasteiger partial charge in [-0.2, -0.15) is 0 Å². The molecule has 9 aromatic rings. The molecular weight excluding hydrogens is 1240 g/mol. The van der Waals surface area contributed by atoms with E-state index < -0.39 is 59.5 Å². The molecule has 6 amide bonds. The Morgan fingerprint density at radius 1 is 0.388 bits per heavy atom. The lowest BCUT2D eigenvalue weighted by molar-refractivity contribution is -0.139. The van der Waals surface area contributed by atoms with Gasteiger partial charge in [0.25, 0.3) is 23.6 Å². The third-order valence-corrected chi connectivity index (χ3v) is 17.5. The number of hydrogen-bond donors (Lipinski definition) is 2. The number of nitrogens with zero attached hydrogens (tertiary/aromatic N) is 2. The van der Waals surface area contributed by atoms with Crippen molar-refractivity contribution in [1.82, 2.24) is 20.4 Å². The molecule has 0 aromatic heterocycles. The maximum Gasteiger partial charge on any atom is 0.333 e. The number of hydrogen-bond acceptors (Lipinski definition) is 14. The zero-order valence-electron chi connectivity index (χ0n) is 57.0. The Morgan fingerprint density at radius 2 is 0.643 bits per heavy atom. The largest absolute Gasteiger partial charge is 0.462 e. The van der Waals surface area contributed by atoms with E-state index in [1.54, 1.807) is 86.6 Å². The molecule has 18 heteroatoms. The Hall–Kier alpha value is -10.9. The van der Waals surface area contributed by atoms with E-state index in [1.807, 2.05) is 104 Å². The third kappa shape index (κ3) is 14.0. The smallest absolute Gasteiger partial charge is 0.333 e. The van der Waals surface area contributed by atoms with E-state index in [0.29, 0.717) is 81.0 Å². The fourth-order valence-corrected chi connectivity index (χ4v) is 12.6. The SMILES string of the molecule is C=C(C)C(=O)OCCCCNC(=O)C(CC(C)C)N1C(=O)c2cc(Oc3ccc(C)cc3)c3c4c(Oc5ccc(C)cc5)cc5c6c(cc(Oc7ccc(C)cc7)c(c7c(Oc8ccc(C)cc8)cc(c2c37)C1=O)c64)C(=O)N(C(CC(C)C)C(=O)NCCCCOC(=O)C(=C)C)C5=O. The van der Waals surface area contributed by atoms with E-state index in [4.69, 9.17) is 28.4 Å². The van der Waals surface area contributed by atoms with Crippen molar-refractivity contribution in [3.63, 3.8) is 0 Å². The van der Waals surface area contributed by atoms with Gasteiger partial charge in [0.15, 0.2) is 0 Å². The molecule has 0 bridgehead atoms. The van der Waals surface area contributed by atoms with Crippen LogP contribution in [0, 0.1) is 39.5 Å². The number of aryl methyl sites for hydroxylation is 4. The van der Waals surface area contributed by atoms with Gasteiger partial charge in [0, 0.05) is 67.3 Å². The Bertz CT molecular complexity index is 4170. The van der Waals surface area contributed by atoms with Gasteiger partial charge in [-0.25, -0.2) is 9.59 Å². The van der Waals surface area contributed by atoms with Gasteiger partial charge in [0.2, 0.25) is 11.8 Å². The maximum absolute atomic E-state index is 16.1. The van der Waals surface area contributed by atoms with Crippen LogP contribution in [-0.2, 0) is 28.7 Å². The van der Waals surface area contributed by atoms with Crippen molar-refractivity contribution in [1.29, 1.82) is 0 Å². The predicted molar refractivity (Wildman–Crippen MR) is 376 cm³/mol. The summed E-state index contributed by atoms with van der Waals surface area (Å²) in [5.74, 6) is -3.91. The summed E-state index contributed by atoms with van der Waals surface area (Å²) in [6, 6.07) is 32.9. The lowest BCUT2D eigenvalue weighted by atomic mass is 9.80. The summed E-state index contributed by atoms with van der Waals surface area (Å²) in [5.41, 5.74) is 4.32. The summed E-state index contributed by atoms with van der Waals surface area (Å²) in [6.45, 7) is 26.2. The minimum atomic E-state index is -1.32. The number of carbonyl (C=O) groups is 8. The molecule has 98 heavy (non-hydrogen) atoms. The van der Waals surface area contributed by atoms with E-state index in [0.717, 1.165) is 32.1 Å². The molecule has 0 saturated heterocycles. The van der Waals surface area contributed by atoms with Crippen LogP contribution in [0.1, 0.15) is 144 Å². The number of rotatable bonds is 28. The number of nitrogens with one attached hydrogen (secondary N) is 2. The molecule has 2 aliphatic rings. The van der Waals surface area contributed by atoms with Crippen LogP contribution in [0.3, 0.4) is 0 Å². The van der Waals surface area contributed by atoms with Crippen molar-refractivity contribution < 1.29 is 66.8 Å². The molecule has 2 heterocycles. The molecule has 2 atom stereocenters. The minimum Gasteiger partial charge on any atom is -0.462 e. The third-order valence-electron chi connectivity index (χ3n) is 17.5. The molecule has 2 N–H and O–H groups in total. The molecule has 0 saturated carbocycles. The second-order valence-electron chi connectivity index (χ2n) is 26.4. The topological polar surface area (TPSA) is 222 Å². The van der Waals surface area contributed by atoms with Gasteiger partial charge in [-0.15, -0.1) is 0 Å². The van der Waals surface area contributed by atoms with Gasteiger partial charge in [-0.1, -0.05) is 112 Å². The Labute approximate surface area is 569 Å². The van der Waals surface area contributed by atoms with Crippen molar-refractivity contribution in [3.8, 4) is 46.0 Å². The summed E-state index contributed by atoms with van der Waals surface area (Å²) >= 11 is 0. The van der Waals surface area contributed by atoms with E-state index in [1.165, 1.54) is 0 Å². The number of esters is 2. The van der Waals surface area contributed by atoms with E-state index in [9.17, 15) is 19.2 Å². The summed E-state index contributed by atoms with van der Waals surface area (Å²) in [4.78, 5) is 120. The fourth-order valence-electron chi connectivity index (χ4n) is 12.6. The zero-order valence-corrected chi connectivity index (χ0v) is 57.0. The van der Waals surface area contributed by atoms with Gasteiger partial charge < -0.3 is 39.1 Å². The first kappa shape index (κ1) is 68.5. The monoisotopic (exact) mass is 1320 g/mol. The lowest BCUT2D eigenvalue weighted by Crippen LogP contribution is -2.54. The molecule has 18 nitrogen and oxygen atoms in total. The fraction of sp³-hybridized carbons (Fsp3) is 0.300. The van der Waals surface area contributed by atoms with Crippen LogP contribution in [-0.4, -0.2) is 95.6 Å². The lowest BCUT2D eigenvalue weighted by Gasteiger charge is -2.36. The molecule has 0 fully saturated rings. The van der Waals surface area contributed by atoms with Crippen LogP contribution in [0.15, 0.2) is 146 Å². The van der Waals surface area contributed by atoms with Crippen molar-refractivity contribution >= 4 is 90.5 Å². The van der Waals surface area contributed by atoms with Gasteiger partial charge >= 0.3 is 11.9 Å². The number of amides is 6. The number of unbranched alkanes of at least 4 members (excludes halogenated alkanes) is 2. The van der Waals surface area contributed by atoms with E-state index in [2.05, 4.69) is 23.8 Å². The Morgan fingerprint density at radius 3 is 0.878 bits per heavy atom. The summed E-state index contributed by atoms with van der Waals surface area (Å²) in [5, 5.41) is 8.06. The maximum atomic E-state index is 16.1. The molecule has 2 aliphatic heterocycles. The first-order valence-corrected chi connectivity index (χ1v) is 33.2. The highest BCUT2D eigenvalue weighted by atomic mass is 16.5. The molecule has 9 aromatic carbocycles. The molecule has 11 rings (SSSR count). The Kier molecular flexibility index (Phi) is 20.2. The van der Waals surface area contributed by atoms with E-state index in [-0.39, 0.29) is 118 Å². The second kappa shape index (κ2) is 28.8. The average molecular weight is 1320 g/mol. The van der Waals surface area contributed by atoms with Crippen molar-refractivity contribution in [2.45, 2.75) is 120 Å². The van der Waals surface area contributed by atoms with Crippen LogP contribution in [0.4, 0.5) is 0 Å². The molecule has 0 aliphatic carbocycles. The first-order valence-electron chi connectivity index (χ1n) is 33.2. The Balaban J connectivity index is 1.21. The number of benzene rings is 9.